The fraction of sp³-hybridized carbons (Fsp3) is 0.533. The van der Waals surface area contributed by atoms with Crippen LogP contribution in [-0.2, 0) is 11.2 Å². The first-order valence-corrected chi connectivity index (χ1v) is 6.84. The Hall–Kier alpha value is -1.51. The van der Waals surface area contributed by atoms with Crippen LogP contribution in [0.15, 0.2) is 24.3 Å². The summed E-state index contributed by atoms with van der Waals surface area (Å²) in [5, 5.41) is 3.39. The van der Waals surface area contributed by atoms with E-state index in [4.69, 9.17) is 5.73 Å². The maximum Gasteiger partial charge on any atom is 0.221 e. The Bertz CT molecular complexity index is 363. The second-order valence-electron chi connectivity index (χ2n) is 4.64. The third-order valence-electron chi connectivity index (χ3n) is 2.98. The Kier molecular flexibility index (Phi) is 6.92. The molecule has 0 saturated carbocycles. The molecule has 0 bridgehead atoms. The lowest BCUT2D eigenvalue weighted by atomic mass is 10.1. The molecule has 0 aliphatic rings. The van der Waals surface area contributed by atoms with Crippen molar-refractivity contribution in [3.05, 3.63) is 29.8 Å². The number of primary amides is 1. The number of carbonyl (C=O) groups is 1. The lowest BCUT2D eigenvalue weighted by Crippen LogP contribution is -2.15. The molecule has 0 aliphatic carbocycles. The van der Waals surface area contributed by atoms with Crippen LogP contribution in [0.3, 0.4) is 0 Å². The highest BCUT2D eigenvalue weighted by Gasteiger charge is 2.03. The van der Waals surface area contributed by atoms with Crippen molar-refractivity contribution in [1.29, 1.82) is 0 Å². The van der Waals surface area contributed by atoms with Crippen LogP contribution in [0.5, 0.6) is 0 Å². The zero-order valence-electron chi connectivity index (χ0n) is 11.2. The number of unbranched alkanes of at least 4 members (excludes halogenated alkanes) is 4. The van der Waals surface area contributed by atoms with Gasteiger partial charge in [0.2, 0.25) is 5.91 Å². The monoisotopic (exact) mass is 248 g/mol. The van der Waals surface area contributed by atoms with Gasteiger partial charge in [0.25, 0.3) is 0 Å². The maximum atomic E-state index is 11.0. The summed E-state index contributed by atoms with van der Waals surface area (Å²) >= 11 is 0. The molecule has 100 valence electrons. The summed E-state index contributed by atoms with van der Waals surface area (Å²) < 4.78 is 0. The SMILES string of the molecule is CCCCCCCNc1ccccc1CC(N)=O. The molecule has 0 unspecified atom stereocenters. The first-order valence-electron chi connectivity index (χ1n) is 6.84. The molecule has 3 nitrogen and oxygen atoms in total. The van der Waals surface area contributed by atoms with Gasteiger partial charge in [-0.25, -0.2) is 0 Å². The fourth-order valence-electron chi connectivity index (χ4n) is 1.99. The van der Waals surface area contributed by atoms with E-state index < -0.39 is 0 Å². The van der Waals surface area contributed by atoms with Crippen molar-refractivity contribution < 1.29 is 4.79 Å². The summed E-state index contributed by atoms with van der Waals surface area (Å²) in [6.07, 6.45) is 6.64. The highest BCUT2D eigenvalue weighted by molar-refractivity contribution is 5.78. The molecular weight excluding hydrogens is 224 g/mol. The molecule has 1 aromatic rings. The summed E-state index contributed by atoms with van der Waals surface area (Å²) in [6, 6.07) is 7.86. The molecule has 3 N–H and O–H groups in total. The van der Waals surface area contributed by atoms with Crippen molar-refractivity contribution in [2.45, 2.75) is 45.4 Å². The van der Waals surface area contributed by atoms with Crippen molar-refractivity contribution in [3.8, 4) is 0 Å². The second-order valence-corrected chi connectivity index (χ2v) is 4.64. The van der Waals surface area contributed by atoms with Crippen molar-refractivity contribution >= 4 is 11.6 Å². The summed E-state index contributed by atoms with van der Waals surface area (Å²) in [6.45, 7) is 3.18. The van der Waals surface area contributed by atoms with Crippen LogP contribution >= 0.6 is 0 Å². The molecule has 1 aromatic carbocycles. The van der Waals surface area contributed by atoms with Gasteiger partial charge >= 0.3 is 0 Å². The van der Waals surface area contributed by atoms with Crippen molar-refractivity contribution in [2.75, 3.05) is 11.9 Å². The molecular formula is C15H24N2O. The summed E-state index contributed by atoms with van der Waals surface area (Å²) in [5.74, 6) is -0.285. The standard InChI is InChI=1S/C15H24N2O/c1-2-3-4-5-8-11-17-14-10-7-6-9-13(14)12-15(16)18/h6-7,9-10,17H,2-5,8,11-12H2,1H3,(H2,16,18). The molecule has 1 rings (SSSR count). The number of anilines is 1. The van der Waals surface area contributed by atoms with Crippen molar-refractivity contribution in [2.24, 2.45) is 5.73 Å². The third-order valence-corrected chi connectivity index (χ3v) is 2.98. The van der Waals surface area contributed by atoms with E-state index in [1.807, 2.05) is 24.3 Å². The first kappa shape index (κ1) is 14.6. The maximum absolute atomic E-state index is 11.0. The van der Waals surface area contributed by atoms with Crippen LogP contribution in [0, 0.1) is 0 Å². The van der Waals surface area contributed by atoms with Gasteiger partial charge < -0.3 is 11.1 Å². The third kappa shape index (κ3) is 5.71. The summed E-state index contributed by atoms with van der Waals surface area (Å²) in [4.78, 5) is 11.0. The van der Waals surface area contributed by atoms with Crippen LogP contribution in [0.25, 0.3) is 0 Å². The van der Waals surface area contributed by atoms with Gasteiger partial charge in [-0.15, -0.1) is 0 Å². The van der Waals surface area contributed by atoms with Crippen LogP contribution in [0.1, 0.15) is 44.6 Å². The topological polar surface area (TPSA) is 55.1 Å². The van der Waals surface area contributed by atoms with Crippen molar-refractivity contribution in [1.82, 2.24) is 0 Å². The smallest absolute Gasteiger partial charge is 0.221 e. The molecule has 18 heavy (non-hydrogen) atoms. The Morgan fingerprint density at radius 3 is 2.61 bits per heavy atom. The minimum absolute atomic E-state index is 0.285. The zero-order valence-corrected chi connectivity index (χ0v) is 11.2. The highest BCUT2D eigenvalue weighted by Crippen LogP contribution is 2.15. The van der Waals surface area contributed by atoms with Gasteiger partial charge in [0.1, 0.15) is 0 Å². The van der Waals surface area contributed by atoms with E-state index in [1.54, 1.807) is 0 Å². The molecule has 0 aliphatic heterocycles. The lowest BCUT2D eigenvalue weighted by molar-refractivity contribution is -0.117. The predicted octanol–water partition coefficient (Wildman–Crippen LogP) is 3.10. The lowest BCUT2D eigenvalue weighted by Gasteiger charge is -2.10. The van der Waals surface area contributed by atoms with E-state index >= 15 is 0 Å². The molecule has 0 radical (unpaired) electrons. The van der Waals surface area contributed by atoms with E-state index in [0.29, 0.717) is 6.42 Å². The summed E-state index contributed by atoms with van der Waals surface area (Å²) in [5.41, 5.74) is 7.26. The van der Waals surface area contributed by atoms with E-state index in [1.165, 1.54) is 32.1 Å². The number of amides is 1. The minimum Gasteiger partial charge on any atom is -0.385 e. The Labute approximate surface area is 110 Å². The number of carbonyl (C=O) groups excluding carboxylic acids is 1. The van der Waals surface area contributed by atoms with Crippen LogP contribution in [-0.4, -0.2) is 12.5 Å². The quantitative estimate of drug-likeness (QED) is 0.660. The van der Waals surface area contributed by atoms with Crippen LogP contribution in [0.2, 0.25) is 0 Å². The average Bonchev–Trinajstić information content (AvgIpc) is 2.35. The number of rotatable bonds is 9. The molecule has 0 saturated heterocycles. The Morgan fingerprint density at radius 2 is 1.89 bits per heavy atom. The molecule has 0 fully saturated rings. The van der Waals surface area contributed by atoms with E-state index in [0.717, 1.165) is 17.8 Å². The predicted molar refractivity (Wildman–Crippen MR) is 76.6 cm³/mol. The second kappa shape index (κ2) is 8.56. The Balaban J connectivity index is 2.34. The number of hydrogen-bond donors (Lipinski definition) is 2. The normalized spacial score (nSPS) is 10.3. The van der Waals surface area contributed by atoms with Gasteiger partial charge in [0.05, 0.1) is 6.42 Å². The molecule has 0 atom stereocenters. The van der Waals surface area contributed by atoms with Crippen LogP contribution in [0.4, 0.5) is 5.69 Å². The average molecular weight is 248 g/mol. The van der Waals surface area contributed by atoms with Gasteiger partial charge in [0, 0.05) is 12.2 Å². The number of nitrogens with one attached hydrogen (secondary N) is 1. The highest BCUT2D eigenvalue weighted by atomic mass is 16.1. The van der Waals surface area contributed by atoms with Gasteiger partial charge in [-0.3, -0.25) is 4.79 Å². The molecule has 0 spiro atoms. The Morgan fingerprint density at radius 1 is 1.17 bits per heavy atom. The number of benzene rings is 1. The van der Waals surface area contributed by atoms with Gasteiger partial charge in [-0.1, -0.05) is 50.8 Å². The fourth-order valence-corrected chi connectivity index (χ4v) is 1.99. The summed E-state index contributed by atoms with van der Waals surface area (Å²) in [7, 11) is 0. The first-order chi connectivity index (χ1) is 8.74. The van der Waals surface area contributed by atoms with Crippen LogP contribution < -0.4 is 11.1 Å². The molecule has 0 heterocycles. The largest absolute Gasteiger partial charge is 0.385 e. The van der Waals surface area contributed by atoms with Gasteiger partial charge in [-0.2, -0.15) is 0 Å². The minimum atomic E-state index is -0.285. The van der Waals surface area contributed by atoms with Gasteiger partial charge in [-0.05, 0) is 18.1 Å². The molecule has 0 aromatic heterocycles. The zero-order chi connectivity index (χ0) is 13.2. The van der Waals surface area contributed by atoms with E-state index in [2.05, 4.69) is 12.2 Å². The molecule has 3 heteroatoms. The van der Waals surface area contributed by atoms with E-state index in [-0.39, 0.29) is 5.91 Å². The van der Waals surface area contributed by atoms with Gasteiger partial charge in [0.15, 0.2) is 0 Å². The number of nitrogens with two attached hydrogens (primary N) is 1. The number of hydrogen-bond acceptors (Lipinski definition) is 2. The number of para-hydroxylation sites is 1. The van der Waals surface area contributed by atoms with E-state index in [9.17, 15) is 4.79 Å². The van der Waals surface area contributed by atoms with Crippen molar-refractivity contribution in [3.63, 3.8) is 0 Å². The molecule has 1 amide bonds.